The number of nitrogens with one attached hydrogen (secondary N) is 1. The average Bonchev–Trinajstić information content (AvgIpc) is 2.43. The van der Waals surface area contributed by atoms with Gasteiger partial charge >= 0.3 is 5.97 Å². The van der Waals surface area contributed by atoms with Crippen molar-refractivity contribution in [1.29, 1.82) is 0 Å². The van der Waals surface area contributed by atoms with Crippen molar-refractivity contribution in [1.82, 2.24) is 10.3 Å². The molecule has 1 aromatic rings. The number of azide groups is 1. The molecule has 0 aliphatic carbocycles. The predicted molar refractivity (Wildman–Crippen MR) is 65.6 cm³/mol. The van der Waals surface area contributed by atoms with Crippen LogP contribution in [0.1, 0.15) is 12.5 Å². The van der Waals surface area contributed by atoms with E-state index in [9.17, 15) is 4.79 Å². The van der Waals surface area contributed by atoms with Crippen LogP contribution in [-0.2, 0) is 15.1 Å². The second-order valence-corrected chi connectivity index (χ2v) is 3.73. The Balaban J connectivity index is 2.89. The lowest BCUT2D eigenvalue weighted by Crippen LogP contribution is -2.48. The third kappa shape index (κ3) is 3.19. The minimum absolute atomic E-state index is 0.258. The fourth-order valence-corrected chi connectivity index (χ4v) is 1.58. The van der Waals surface area contributed by atoms with E-state index in [0.717, 1.165) is 5.56 Å². The third-order valence-corrected chi connectivity index (χ3v) is 2.60. The lowest BCUT2D eigenvalue weighted by atomic mass is 9.93. The minimum atomic E-state index is -0.983. The molecule has 7 nitrogen and oxygen atoms in total. The van der Waals surface area contributed by atoms with E-state index in [0.29, 0.717) is 6.54 Å². The summed E-state index contributed by atoms with van der Waals surface area (Å²) in [5.74, 6) is -0.408. The summed E-state index contributed by atoms with van der Waals surface area (Å²) >= 11 is 0. The van der Waals surface area contributed by atoms with Gasteiger partial charge in [0.2, 0.25) is 0 Å². The Morgan fingerprint density at radius 3 is 2.83 bits per heavy atom. The molecule has 0 fully saturated rings. The highest BCUT2D eigenvalue weighted by Crippen LogP contribution is 2.21. The monoisotopic (exact) mass is 249 g/mol. The smallest absolute Gasteiger partial charge is 0.330 e. The quantitative estimate of drug-likeness (QED) is 0.270. The van der Waals surface area contributed by atoms with E-state index < -0.39 is 11.5 Å². The normalized spacial score (nSPS) is 13.2. The van der Waals surface area contributed by atoms with Crippen LogP contribution in [0, 0.1) is 0 Å². The Hall–Kier alpha value is -2.11. The molecule has 0 aliphatic rings. The van der Waals surface area contributed by atoms with Gasteiger partial charge in [0.25, 0.3) is 0 Å². The van der Waals surface area contributed by atoms with Gasteiger partial charge in [0, 0.05) is 30.4 Å². The molecule has 0 bridgehead atoms. The fourth-order valence-electron chi connectivity index (χ4n) is 1.58. The van der Waals surface area contributed by atoms with Crippen molar-refractivity contribution in [2.24, 2.45) is 5.11 Å². The van der Waals surface area contributed by atoms with Gasteiger partial charge in [-0.15, -0.1) is 0 Å². The van der Waals surface area contributed by atoms with Crippen LogP contribution in [0.2, 0.25) is 0 Å². The number of nitrogens with zero attached hydrogens (tertiary/aromatic N) is 4. The number of pyridine rings is 1. The first kappa shape index (κ1) is 14.0. The SMILES string of the molecule is COC(=O)C(C)(NCCN=[N+]=[N-])c1ccncc1. The molecule has 7 heteroatoms. The highest BCUT2D eigenvalue weighted by molar-refractivity contribution is 5.82. The van der Waals surface area contributed by atoms with Gasteiger partial charge in [-0.3, -0.25) is 10.3 Å². The van der Waals surface area contributed by atoms with E-state index >= 15 is 0 Å². The Morgan fingerprint density at radius 2 is 2.28 bits per heavy atom. The minimum Gasteiger partial charge on any atom is -0.467 e. The fraction of sp³-hybridized carbons (Fsp3) is 0.455. The number of ether oxygens (including phenoxy) is 1. The molecule has 0 radical (unpaired) electrons. The zero-order valence-corrected chi connectivity index (χ0v) is 10.3. The van der Waals surface area contributed by atoms with E-state index in [-0.39, 0.29) is 6.54 Å². The molecule has 96 valence electrons. The molecule has 1 rings (SSSR count). The molecule has 0 spiro atoms. The molecule has 0 amide bonds. The van der Waals surface area contributed by atoms with Gasteiger partial charge in [0.05, 0.1) is 7.11 Å². The first-order chi connectivity index (χ1) is 8.65. The largest absolute Gasteiger partial charge is 0.467 e. The van der Waals surface area contributed by atoms with Crippen molar-refractivity contribution >= 4 is 5.97 Å². The molecule has 18 heavy (non-hydrogen) atoms. The van der Waals surface area contributed by atoms with Crippen LogP contribution >= 0.6 is 0 Å². The summed E-state index contributed by atoms with van der Waals surface area (Å²) in [5, 5.41) is 6.44. The first-order valence-corrected chi connectivity index (χ1v) is 5.40. The summed E-state index contributed by atoms with van der Waals surface area (Å²) in [6.45, 7) is 2.34. The molecule has 1 unspecified atom stereocenters. The van der Waals surface area contributed by atoms with Crippen LogP contribution < -0.4 is 5.32 Å². The number of aromatic nitrogens is 1. The summed E-state index contributed by atoms with van der Waals surface area (Å²) in [7, 11) is 1.33. The Bertz CT molecular complexity index is 444. The molecular formula is C11H15N5O2. The lowest BCUT2D eigenvalue weighted by Gasteiger charge is -2.28. The summed E-state index contributed by atoms with van der Waals surface area (Å²) in [5.41, 5.74) is 7.96. The Labute approximate surface area is 105 Å². The number of carbonyl (C=O) groups is 1. The van der Waals surface area contributed by atoms with Crippen LogP contribution in [0.25, 0.3) is 10.4 Å². The van der Waals surface area contributed by atoms with E-state index in [4.69, 9.17) is 10.3 Å². The predicted octanol–water partition coefficient (Wildman–Crippen LogP) is 1.37. The number of methoxy groups -OCH3 is 1. The van der Waals surface area contributed by atoms with Crippen molar-refractivity contribution in [3.8, 4) is 0 Å². The van der Waals surface area contributed by atoms with Gasteiger partial charge in [0.15, 0.2) is 0 Å². The van der Waals surface area contributed by atoms with E-state index in [1.807, 2.05) is 0 Å². The summed E-state index contributed by atoms with van der Waals surface area (Å²) in [6, 6.07) is 3.47. The van der Waals surface area contributed by atoms with Crippen LogP contribution in [0.4, 0.5) is 0 Å². The van der Waals surface area contributed by atoms with Gasteiger partial charge in [-0.2, -0.15) is 0 Å². The zero-order chi connectivity index (χ0) is 13.4. The molecule has 0 aromatic carbocycles. The molecule has 0 saturated carbocycles. The molecule has 1 N–H and O–H groups in total. The molecule has 1 aromatic heterocycles. The molecule has 0 aliphatic heterocycles. The van der Waals surface area contributed by atoms with Crippen molar-refractivity contribution in [3.63, 3.8) is 0 Å². The first-order valence-electron chi connectivity index (χ1n) is 5.40. The number of hydrogen-bond acceptors (Lipinski definition) is 5. The second-order valence-electron chi connectivity index (χ2n) is 3.73. The highest BCUT2D eigenvalue weighted by atomic mass is 16.5. The van der Waals surface area contributed by atoms with Crippen LogP contribution in [0.15, 0.2) is 29.6 Å². The van der Waals surface area contributed by atoms with Gasteiger partial charge < -0.3 is 4.74 Å². The van der Waals surface area contributed by atoms with Crippen molar-refractivity contribution in [2.75, 3.05) is 20.2 Å². The Morgan fingerprint density at radius 1 is 1.61 bits per heavy atom. The van der Waals surface area contributed by atoms with Crippen molar-refractivity contribution < 1.29 is 9.53 Å². The zero-order valence-electron chi connectivity index (χ0n) is 10.3. The number of hydrogen-bond donors (Lipinski definition) is 1. The van der Waals surface area contributed by atoms with Gasteiger partial charge in [-0.05, 0) is 30.2 Å². The standard InChI is InChI=1S/C11H15N5O2/c1-11(10(17)18-2,14-7-8-15-16-12)9-3-5-13-6-4-9/h3-6,14H,7-8H2,1-2H3. The topological polar surface area (TPSA) is 100.0 Å². The van der Waals surface area contributed by atoms with Crippen molar-refractivity contribution in [2.45, 2.75) is 12.5 Å². The molecule has 1 atom stereocenters. The van der Waals surface area contributed by atoms with E-state index in [1.54, 1.807) is 31.5 Å². The maximum atomic E-state index is 11.9. The maximum absolute atomic E-state index is 11.9. The van der Waals surface area contributed by atoms with E-state index in [1.165, 1.54) is 7.11 Å². The molecular weight excluding hydrogens is 234 g/mol. The van der Waals surface area contributed by atoms with Crippen LogP contribution in [0.5, 0.6) is 0 Å². The lowest BCUT2D eigenvalue weighted by molar-refractivity contribution is -0.148. The number of esters is 1. The Kier molecular flexibility index (Phi) is 5.10. The van der Waals surface area contributed by atoms with Gasteiger partial charge in [-0.1, -0.05) is 5.11 Å². The summed E-state index contributed by atoms with van der Waals surface area (Å²) in [4.78, 5) is 18.4. The van der Waals surface area contributed by atoms with E-state index in [2.05, 4.69) is 20.3 Å². The van der Waals surface area contributed by atoms with Gasteiger partial charge in [-0.25, -0.2) is 4.79 Å². The van der Waals surface area contributed by atoms with Crippen LogP contribution in [0.3, 0.4) is 0 Å². The summed E-state index contributed by atoms with van der Waals surface area (Å²) < 4.78 is 4.80. The molecule has 0 saturated heterocycles. The van der Waals surface area contributed by atoms with Crippen LogP contribution in [-0.4, -0.2) is 31.2 Å². The van der Waals surface area contributed by atoms with Crippen molar-refractivity contribution in [3.05, 3.63) is 40.5 Å². The maximum Gasteiger partial charge on any atom is 0.330 e. The van der Waals surface area contributed by atoms with Gasteiger partial charge in [0.1, 0.15) is 5.54 Å². The molecule has 1 heterocycles. The summed E-state index contributed by atoms with van der Waals surface area (Å²) in [6.07, 6.45) is 3.21. The number of rotatable bonds is 6. The number of carbonyl (C=O) groups excluding carboxylic acids is 1. The highest BCUT2D eigenvalue weighted by Gasteiger charge is 2.35. The second kappa shape index (κ2) is 6.58. The average molecular weight is 249 g/mol. The third-order valence-electron chi connectivity index (χ3n) is 2.60.